The number of fused-ring (bicyclic) bond motifs is 1. The number of rotatable bonds is 40. The molecule has 0 aliphatic carbocycles. The fraction of sp³-hybridized carbons (Fsp3) is 0.529. The standard InChI is InChI=1S/C68H99N19O18S/c1-39(2)27-50(66(103)79-49(61(70)98)17-26-106-6)81-67(104)52(29-45-31-71-38-75-45)78-55(90)33-74-68(105)60(40(3)4)83-62(99)41(5)76-65(102)51(28-43-30-72-48-10-8-7-9-46(43)48)80-64(101)47(69)15-16-53(88)82-63(100)42-11-13-44(14-12-42)77-54(89)32-73-56(91)34-84-18-20-85(35-57(92)93)22-24-87(37-59(96)97)25-23-86(21-19-84)36-58(94)95/h7-14,30-31,38-41,47,49-52,60,72H,15-29,32-37,69H2,1-6H3,(H2,70,98)(H,71,75)(H,73,91)(H,74,105)(H,76,102)(H,77,89)(H,78,90)(H,79,103)(H,80,101)(H,81,104)(H,83,99)(H,92,93)(H,94,95)(H,96,97)(H,82,88,100)/t41-,47-,49-,50-,51-,52-,60-/m0/s1. The van der Waals surface area contributed by atoms with Crippen LogP contribution in [0.15, 0.2) is 67.3 Å². The molecule has 4 aromatic rings. The van der Waals surface area contributed by atoms with Crippen molar-refractivity contribution in [3.8, 4) is 0 Å². The number of carboxylic acid groups (broad SMARTS) is 3. The summed E-state index contributed by atoms with van der Waals surface area (Å²) < 4.78 is 0. The second-order valence-electron chi connectivity index (χ2n) is 26.4. The Morgan fingerprint density at radius 1 is 0.557 bits per heavy atom. The lowest BCUT2D eigenvalue weighted by Gasteiger charge is -2.32. The van der Waals surface area contributed by atoms with Crippen molar-refractivity contribution < 1.29 is 87.2 Å². The number of H-pyrrole nitrogens is 2. The third kappa shape index (κ3) is 30.7. The lowest BCUT2D eigenvalue weighted by Crippen LogP contribution is -2.59. The number of nitrogens with one attached hydrogen (secondary N) is 12. The van der Waals surface area contributed by atoms with Crippen LogP contribution in [0.5, 0.6) is 0 Å². The van der Waals surface area contributed by atoms with Gasteiger partial charge in [-0.25, -0.2) is 4.98 Å². The van der Waals surface area contributed by atoms with Crippen LogP contribution in [0.4, 0.5) is 5.69 Å². The number of aliphatic carboxylic acids is 3. The summed E-state index contributed by atoms with van der Waals surface area (Å²) in [7, 11) is 0. The average Bonchev–Trinajstić information content (AvgIpc) is 1.66. The van der Waals surface area contributed by atoms with Gasteiger partial charge in [-0.2, -0.15) is 11.8 Å². The SMILES string of the molecule is CSCC[C@H](NC(=O)[C@H](CC(C)C)NC(=O)[C@H](Cc1cnc[nH]1)NC(=O)CNC(=O)[C@@H](NC(=O)[C@H](C)NC(=O)[C@H](Cc1c[nH]c2ccccc12)NC(=O)[C@@H](N)CCC(=O)NC(=O)c1ccc(NC(=O)CNC(=O)CN2CCN(CC(=O)O)CCN(CC(=O)O)CCN(CC(=O)O)CC2)cc1)C(C)C)C(N)=O. The highest BCUT2D eigenvalue weighted by molar-refractivity contribution is 7.98. The highest BCUT2D eigenvalue weighted by Gasteiger charge is 2.34. The molecule has 0 spiro atoms. The number of anilines is 1. The van der Waals surface area contributed by atoms with E-state index in [1.54, 1.807) is 63.9 Å². The molecule has 2 aromatic carbocycles. The highest BCUT2D eigenvalue weighted by Crippen LogP contribution is 2.20. The molecule has 5 rings (SSSR count). The summed E-state index contributed by atoms with van der Waals surface area (Å²) >= 11 is 1.45. The first-order chi connectivity index (χ1) is 50.3. The molecule has 2 aromatic heterocycles. The van der Waals surface area contributed by atoms with E-state index in [4.69, 9.17) is 11.5 Å². The van der Waals surface area contributed by atoms with E-state index < -0.39 is 157 Å². The topological polar surface area (TPSA) is 547 Å². The second-order valence-corrected chi connectivity index (χ2v) is 27.3. The molecule has 1 aliphatic heterocycles. The molecular formula is C68H99N19O18S. The summed E-state index contributed by atoms with van der Waals surface area (Å²) in [6, 6.07) is 3.68. The van der Waals surface area contributed by atoms with Crippen LogP contribution in [-0.2, 0) is 80.0 Å². The number of imidazole rings is 1. The van der Waals surface area contributed by atoms with Gasteiger partial charge in [0.05, 0.1) is 51.6 Å². The first kappa shape index (κ1) is 86.2. The van der Waals surface area contributed by atoms with Gasteiger partial charge < -0.3 is 84.6 Å². The Bertz CT molecular complexity index is 3660. The monoisotopic (exact) mass is 1500 g/mol. The minimum atomic E-state index is -1.41. The van der Waals surface area contributed by atoms with E-state index in [1.807, 2.05) is 20.1 Å². The second kappa shape index (κ2) is 43.8. The summed E-state index contributed by atoms with van der Waals surface area (Å²) in [5.41, 5.74) is 13.8. The number of nitrogens with two attached hydrogens (primary N) is 2. The number of thioether (sulfide) groups is 1. The van der Waals surface area contributed by atoms with Gasteiger partial charge in [0.1, 0.15) is 36.3 Å². The Balaban J connectivity index is 1.13. The van der Waals surface area contributed by atoms with Crippen LogP contribution >= 0.6 is 11.8 Å². The van der Waals surface area contributed by atoms with Crippen LogP contribution in [0.3, 0.4) is 0 Å². The van der Waals surface area contributed by atoms with Crippen molar-refractivity contribution in [3.05, 3.63) is 84.1 Å². The van der Waals surface area contributed by atoms with E-state index >= 15 is 0 Å². The van der Waals surface area contributed by atoms with Crippen molar-refractivity contribution in [2.24, 2.45) is 23.3 Å². The van der Waals surface area contributed by atoms with Crippen LogP contribution in [-0.4, -0.2) is 285 Å². The minimum absolute atomic E-state index is 0.000235. The summed E-state index contributed by atoms with van der Waals surface area (Å²) in [4.78, 5) is 212. The van der Waals surface area contributed by atoms with Gasteiger partial charge in [-0.05, 0) is 85.9 Å². The molecule has 12 amide bonds. The van der Waals surface area contributed by atoms with Crippen LogP contribution in [0.2, 0.25) is 0 Å². The number of aromatic amines is 2. The quantitative estimate of drug-likeness (QED) is 0.0203. The summed E-state index contributed by atoms with van der Waals surface area (Å²) in [6.45, 7) is 7.27. The number of aromatic nitrogens is 3. The fourth-order valence-electron chi connectivity index (χ4n) is 11.1. The van der Waals surface area contributed by atoms with Crippen molar-refractivity contribution in [3.63, 3.8) is 0 Å². The Kier molecular flexibility index (Phi) is 35.6. The molecule has 0 unspecified atom stereocenters. The van der Waals surface area contributed by atoms with Gasteiger partial charge in [-0.3, -0.25) is 96.8 Å². The molecule has 1 aliphatic rings. The number of benzene rings is 2. The Hall–Kier alpha value is -10.4. The maximum atomic E-state index is 14.2. The number of hydrogen-bond acceptors (Lipinski definition) is 22. The van der Waals surface area contributed by atoms with Gasteiger partial charge in [0.25, 0.3) is 5.91 Å². The number of hydrogen-bond donors (Lipinski definition) is 17. The minimum Gasteiger partial charge on any atom is -0.480 e. The number of carbonyl (C=O) groups is 15. The smallest absolute Gasteiger partial charge is 0.317 e. The summed E-state index contributed by atoms with van der Waals surface area (Å²) in [6.07, 6.45) is 5.72. The zero-order valence-corrected chi connectivity index (χ0v) is 61.0. The molecule has 19 N–H and O–H groups in total. The van der Waals surface area contributed by atoms with Gasteiger partial charge in [-0.15, -0.1) is 0 Å². The zero-order chi connectivity index (χ0) is 78.2. The molecule has 1 saturated heterocycles. The van der Waals surface area contributed by atoms with Gasteiger partial charge in [0, 0.05) is 112 Å². The van der Waals surface area contributed by atoms with Gasteiger partial charge in [0.2, 0.25) is 65.0 Å². The normalized spacial score (nSPS) is 15.4. The van der Waals surface area contributed by atoms with E-state index in [-0.39, 0.29) is 128 Å². The molecule has 0 radical (unpaired) electrons. The largest absolute Gasteiger partial charge is 0.480 e. The van der Waals surface area contributed by atoms with Crippen molar-refractivity contribution in [2.45, 2.75) is 115 Å². The molecule has 7 atom stereocenters. The van der Waals surface area contributed by atoms with E-state index in [0.717, 1.165) is 0 Å². The lowest BCUT2D eigenvalue weighted by atomic mass is 10.0. The van der Waals surface area contributed by atoms with Crippen molar-refractivity contribution in [2.75, 3.05) is 109 Å². The highest BCUT2D eigenvalue weighted by atomic mass is 32.2. The lowest BCUT2D eigenvalue weighted by molar-refractivity contribution is -0.140. The summed E-state index contributed by atoms with van der Waals surface area (Å²) in [5.74, 6) is -12.7. The third-order valence-electron chi connectivity index (χ3n) is 16.9. The van der Waals surface area contributed by atoms with E-state index in [2.05, 4.69) is 68.1 Å². The molecule has 3 heterocycles. The number of imide groups is 1. The van der Waals surface area contributed by atoms with Crippen LogP contribution < -0.4 is 64.6 Å². The molecule has 580 valence electrons. The van der Waals surface area contributed by atoms with E-state index in [9.17, 15) is 87.2 Å². The Morgan fingerprint density at radius 3 is 1.64 bits per heavy atom. The van der Waals surface area contributed by atoms with Gasteiger partial charge >= 0.3 is 17.9 Å². The van der Waals surface area contributed by atoms with Crippen LogP contribution in [0, 0.1) is 11.8 Å². The number of primary amides is 1. The Morgan fingerprint density at radius 2 is 1.09 bits per heavy atom. The predicted molar refractivity (Wildman–Crippen MR) is 387 cm³/mol. The number of nitrogens with zero attached hydrogens (tertiary/aromatic N) is 5. The number of para-hydroxylation sites is 1. The summed E-state index contributed by atoms with van der Waals surface area (Å²) in [5, 5.41) is 54.7. The predicted octanol–water partition coefficient (Wildman–Crippen LogP) is -3.74. The van der Waals surface area contributed by atoms with Gasteiger partial charge in [0.15, 0.2) is 0 Å². The molecular weight excluding hydrogens is 1400 g/mol. The van der Waals surface area contributed by atoms with Crippen LogP contribution in [0.25, 0.3) is 10.9 Å². The fourth-order valence-corrected chi connectivity index (χ4v) is 11.6. The average molecular weight is 1500 g/mol. The first-order valence-corrected chi connectivity index (χ1v) is 35.9. The van der Waals surface area contributed by atoms with Crippen molar-refractivity contribution in [1.29, 1.82) is 0 Å². The number of carbonyl (C=O) groups excluding carboxylic acids is 12. The maximum Gasteiger partial charge on any atom is 0.317 e. The zero-order valence-electron chi connectivity index (χ0n) is 60.2. The Labute approximate surface area is 616 Å². The van der Waals surface area contributed by atoms with Gasteiger partial charge in [-0.1, -0.05) is 45.9 Å². The molecule has 37 nitrogen and oxygen atoms in total. The molecule has 38 heteroatoms. The molecule has 106 heavy (non-hydrogen) atoms. The van der Waals surface area contributed by atoms with Crippen molar-refractivity contribution in [1.82, 2.24) is 82.4 Å². The van der Waals surface area contributed by atoms with E-state index in [1.165, 1.54) is 55.5 Å². The molecule has 1 fully saturated rings. The number of carboxylic acids is 3. The van der Waals surface area contributed by atoms with Crippen LogP contribution in [0.1, 0.15) is 81.9 Å². The number of amides is 12. The molecule has 0 bridgehead atoms. The third-order valence-corrected chi connectivity index (χ3v) is 17.6. The molecule has 0 saturated carbocycles. The van der Waals surface area contributed by atoms with Crippen molar-refractivity contribution >= 4 is 117 Å². The maximum absolute atomic E-state index is 14.2. The first-order valence-electron chi connectivity index (χ1n) is 34.5. The van der Waals surface area contributed by atoms with E-state index in [0.29, 0.717) is 27.9 Å².